The molecular formula is C13H10BrNO4S2. The predicted molar refractivity (Wildman–Crippen MR) is 83.7 cm³/mol. The zero-order valence-corrected chi connectivity index (χ0v) is 13.8. The summed E-state index contributed by atoms with van der Waals surface area (Å²) in [6, 6.07) is 8.53. The van der Waals surface area contributed by atoms with Crippen LogP contribution in [-0.2, 0) is 16.4 Å². The molecule has 8 heteroatoms. The van der Waals surface area contributed by atoms with E-state index in [0.29, 0.717) is 22.4 Å². The summed E-state index contributed by atoms with van der Waals surface area (Å²) in [6.45, 7) is 0.367. The van der Waals surface area contributed by atoms with Gasteiger partial charge in [0.2, 0.25) is 0 Å². The Hall–Kier alpha value is -1.38. The molecule has 0 fully saturated rings. The fraction of sp³-hybridized carbons (Fsp3) is 0.154. The molecule has 110 valence electrons. The SMILES string of the molecule is O=C(O)c1cc(S(=O)(=O)N2CCc3ccccc32)c(Br)s1. The number of carboxylic acids is 1. The van der Waals surface area contributed by atoms with E-state index < -0.39 is 16.0 Å². The van der Waals surface area contributed by atoms with Gasteiger partial charge in [-0.25, -0.2) is 13.2 Å². The van der Waals surface area contributed by atoms with Crippen molar-refractivity contribution >= 4 is 48.9 Å². The quantitative estimate of drug-likeness (QED) is 0.878. The minimum absolute atomic E-state index is 0.00148. The zero-order valence-electron chi connectivity index (χ0n) is 10.6. The van der Waals surface area contributed by atoms with Crippen LogP contribution in [0.3, 0.4) is 0 Å². The fourth-order valence-corrected chi connectivity index (χ4v) is 6.17. The van der Waals surface area contributed by atoms with Gasteiger partial charge in [-0.2, -0.15) is 0 Å². The molecule has 0 bridgehead atoms. The van der Waals surface area contributed by atoms with Gasteiger partial charge in [-0.05, 0) is 40.0 Å². The molecule has 1 N–H and O–H groups in total. The number of halogens is 1. The van der Waals surface area contributed by atoms with E-state index in [1.807, 2.05) is 12.1 Å². The lowest BCUT2D eigenvalue weighted by atomic mass is 10.2. The highest BCUT2D eigenvalue weighted by atomic mass is 79.9. The molecule has 5 nitrogen and oxygen atoms in total. The van der Waals surface area contributed by atoms with Crippen molar-refractivity contribution in [3.8, 4) is 0 Å². The third-order valence-electron chi connectivity index (χ3n) is 3.28. The van der Waals surface area contributed by atoms with Gasteiger partial charge in [-0.15, -0.1) is 11.3 Å². The predicted octanol–water partition coefficient (Wildman–Crippen LogP) is 2.96. The topological polar surface area (TPSA) is 74.7 Å². The number of anilines is 1. The number of benzene rings is 1. The Labute approximate surface area is 134 Å². The molecule has 0 aliphatic carbocycles. The molecule has 0 spiro atoms. The maximum atomic E-state index is 12.8. The van der Waals surface area contributed by atoms with E-state index in [4.69, 9.17) is 5.11 Å². The molecule has 2 aromatic rings. The number of carbonyl (C=O) groups is 1. The largest absolute Gasteiger partial charge is 0.477 e. The summed E-state index contributed by atoms with van der Waals surface area (Å²) in [7, 11) is -3.76. The number of thiophene rings is 1. The van der Waals surface area contributed by atoms with E-state index in [-0.39, 0.29) is 9.77 Å². The Balaban J connectivity index is 2.08. The number of hydrogen-bond donors (Lipinski definition) is 1. The smallest absolute Gasteiger partial charge is 0.345 e. The van der Waals surface area contributed by atoms with Crippen molar-refractivity contribution < 1.29 is 18.3 Å². The summed E-state index contributed by atoms with van der Waals surface area (Å²) in [5, 5.41) is 8.99. The van der Waals surface area contributed by atoms with E-state index in [0.717, 1.165) is 16.9 Å². The van der Waals surface area contributed by atoms with Crippen molar-refractivity contribution in [2.45, 2.75) is 11.3 Å². The number of carboxylic acid groups (broad SMARTS) is 1. The van der Waals surface area contributed by atoms with Crippen molar-refractivity contribution in [3.05, 3.63) is 44.6 Å². The summed E-state index contributed by atoms with van der Waals surface area (Å²) in [4.78, 5) is 11.0. The second-order valence-electron chi connectivity index (χ2n) is 4.51. The Bertz CT molecular complexity index is 828. The molecule has 0 saturated heterocycles. The van der Waals surface area contributed by atoms with Gasteiger partial charge in [0.1, 0.15) is 9.77 Å². The summed E-state index contributed by atoms with van der Waals surface area (Å²) in [5.41, 5.74) is 1.64. The fourth-order valence-electron chi connectivity index (χ4n) is 2.31. The average molecular weight is 388 g/mol. The van der Waals surface area contributed by atoms with Crippen LogP contribution in [-0.4, -0.2) is 26.0 Å². The number of rotatable bonds is 3. The van der Waals surface area contributed by atoms with E-state index in [2.05, 4.69) is 15.9 Å². The van der Waals surface area contributed by atoms with Gasteiger partial charge in [-0.1, -0.05) is 18.2 Å². The lowest BCUT2D eigenvalue weighted by Crippen LogP contribution is -2.29. The molecule has 21 heavy (non-hydrogen) atoms. The van der Waals surface area contributed by atoms with Gasteiger partial charge in [0.15, 0.2) is 0 Å². The number of nitrogens with zero attached hydrogens (tertiary/aromatic N) is 1. The molecule has 0 saturated carbocycles. The van der Waals surface area contributed by atoms with Crippen LogP contribution in [0.5, 0.6) is 0 Å². The number of para-hydroxylation sites is 1. The van der Waals surface area contributed by atoms with Gasteiger partial charge < -0.3 is 5.11 Å². The molecule has 3 rings (SSSR count). The summed E-state index contributed by atoms with van der Waals surface area (Å²) < 4.78 is 27.2. The standard InChI is InChI=1S/C13H10BrNO4S2/c14-12-11(7-10(20-12)13(16)17)21(18,19)15-6-5-8-3-1-2-4-9(8)15/h1-4,7H,5-6H2,(H,16,17). The lowest BCUT2D eigenvalue weighted by molar-refractivity contribution is 0.0702. The molecule has 0 amide bonds. The minimum Gasteiger partial charge on any atom is -0.477 e. The normalized spacial score (nSPS) is 14.2. The Morgan fingerprint density at radius 1 is 1.33 bits per heavy atom. The van der Waals surface area contributed by atoms with Crippen molar-refractivity contribution in [3.63, 3.8) is 0 Å². The minimum atomic E-state index is -3.76. The van der Waals surface area contributed by atoms with Crippen molar-refractivity contribution in [1.82, 2.24) is 0 Å². The van der Waals surface area contributed by atoms with Gasteiger partial charge in [0.25, 0.3) is 10.0 Å². The zero-order chi connectivity index (χ0) is 15.2. The number of hydrogen-bond acceptors (Lipinski definition) is 4. The van der Waals surface area contributed by atoms with Crippen molar-refractivity contribution in [2.75, 3.05) is 10.8 Å². The van der Waals surface area contributed by atoms with E-state index in [9.17, 15) is 13.2 Å². The number of sulfonamides is 1. The monoisotopic (exact) mass is 387 g/mol. The Kier molecular flexibility index (Phi) is 3.54. The van der Waals surface area contributed by atoms with E-state index in [1.165, 1.54) is 10.4 Å². The molecule has 1 aliphatic rings. The maximum Gasteiger partial charge on any atom is 0.345 e. The van der Waals surface area contributed by atoms with Crippen molar-refractivity contribution in [2.24, 2.45) is 0 Å². The van der Waals surface area contributed by atoms with Crippen LogP contribution in [0.15, 0.2) is 39.0 Å². The first-order chi connectivity index (χ1) is 9.91. The van der Waals surface area contributed by atoms with Crippen molar-refractivity contribution in [1.29, 1.82) is 0 Å². The van der Waals surface area contributed by atoms with E-state index in [1.54, 1.807) is 12.1 Å². The second-order valence-corrected chi connectivity index (χ2v) is 8.71. The summed E-state index contributed by atoms with van der Waals surface area (Å²) in [5.74, 6) is -1.14. The molecule has 2 heterocycles. The molecule has 1 aliphatic heterocycles. The first-order valence-electron chi connectivity index (χ1n) is 6.04. The molecular weight excluding hydrogens is 378 g/mol. The summed E-state index contributed by atoms with van der Waals surface area (Å²) >= 11 is 4.06. The lowest BCUT2D eigenvalue weighted by Gasteiger charge is -2.19. The summed E-state index contributed by atoms with van der Waals surface area (Å²) in [6.07, 6.45) is 0.656. The maximum absolute atomic E-state index is 12.8. The molecule has 1 aromatic carbocycles. The molecule has 1 aromatic heterocycles. The first kappa shape index (κ1) is 14.6. The highest BCUT2D eigenvalue weighted by molar-refractivity contribution is 9.11. The van der Waals surface area contributed by atoms with E-state index >= 15 is 0 Å². The van der Waals surface area contributed by atoms with Crippen LogP contribution >= 0.6 is 27.3 Å². The number of aromatic carboxylic acids is 1. The van der Waals surface area contributed by atoms with Crippen LogP contribution in [0.1, 0.15) is 15.2 Å². The van der Waals surface area contributed by atoms with Crippen LogP contribution in [0.2, 0.25) is 0 Å². The first-order valence-corrected chi connectivity index (χ1v) is 9.09. The highest BCUT2D eigenvalue weighted by Crippen LogP contribution is 2.38. The Morgan fingerprint density at radius 3 is 2.71 bits per heavy atom. The second kappa shape index (κ2) is 5.11. The van der Waals surface area contributed by atoms with Gasteiger partial charge in [-0.3, -0.25) is 4.31 Å². The third kappa shape index (κ3) is 2.37. The number of fused-ring (bicyclic) bond motifs is 1. The highest BCUT2D eigenvalue weighted by Gasteiger charge is 2.33. The van der Waals surface area contributed by atoms with Gasteiger partial charge in [0, 0.05) is 6.54 Å². The van der Waals surface area contributed by atoms with Crippen LogP contribution in [0.25, 0.3) is 0 Å². The van der Waals surface area contributed by atoms with Gasteiger partial charge >= 0.3 is 5.97 Å². The average Bonchev–Trinajstić information content (AvgIpc) is 3.02. The third-order valence-corrected chi connectivity index (χ3v) is 7.33. The van der Waals surface area contributed by atoms with Gasteiger partial charge in [0.05, 0.1) is 9.47 Å². The Morgan fingerprint density at radius 2 is 2.05 bits per heavy atom. The van der Waals surface area contributed by atoms with Crippen LogP contribution in [0, 0.1) is 0 Å². The van der Waals surface area contributed by atoms with Crippen LogP contribution in [0.4, 0.5) is 5.69 Å². The molecule has 0 radical (unpaired) electrons. The molecule has 0 unspecified atom stereocenters. The molecule has 0 atom stereocenters. The van der Waals surface area contributed by atoms with Crippen LogP contribution < -0.4 is 4.31 Å².